The molecule has 2 fully saturated rings. The van der Waals surface area contributed by atoms with Gasteiger partial charge in [-0.25, -0.2) is 0 Å². The highest BCUT2D eigenvalue weighted by Gasteiger charge is 2.59. The molecule has 0 spiro atoms. The third-order valence-electron chi connectivity index (χ3n) is 6.64. The first-order valence-electron chi connectivity index (χ1n) is 10.4. The summed E-state index contributed by atoms with van der Waals surface area (Å²) in [6, 6.07) is 14.8. The van der Waals surface area contributed by atoms with E-state index in [1.807, 2.05) is 53.4 Å². The fourth-order valence-corrected chi connectivity index (χ4v) is 5.10. The van der Waals surface area contributed by atoms with Crippen molar-refractivity contribution in [3.8, 4) is 5.75 Å². The van der Waals surface area contributed by atoms with Crippen LogP contribution in [0.15, 0.2) is 48.5 Å². The largest absolute Gasteiger partial charge is 0.488 e. The topological polar surface area (TPSA) is 102 Å². The smallest absolute Gasteiger partial charge is 0.228 e. The Morgan fingerprint density at radius 2 is 2.03 bits per heavy atom. The summed E-state index contributed by atoms with van der Waals surface area (Å²) in [6.07, 6.45) is -1.28. The minimum Gasteiger partial charge on any atom is -0.488 e. The first-order chi connectivity index (χ1) is 14.4. The van der Waals surface area contributed by atoms with Crippen LogP contribution < -0.4 is 10.1 Å². The highest BCUT2D eigenvalue weighted by Crippen LogP contribution is 2.43. The van der Waals surface area contributed by atoms with Gasteiger partial charge in [0.25, 0.3) is 0 Å². The van der Waals surface area contributed by atoms with Crippen molar-refractivity contribution in [1.82, 2.24) is 4.90 Å². The zero-order valence-electron chi connectivity index (χ0n) is 16.6. The molecular weight excluding hydrogens is 384 g/mol. The van der Waals surface area contributed by atoms with Crippen LogP contribution in [0.1, 0.15) is 23.7 Å². The van der Waals surface area contributed by atoms with Crippen LogP contribution in [0.25, 0.3) is 0 Å². The quantitative estimate of drug-likeness (QED) is 0.589. The van der Waals surface area contributed by atoms with Gasteiger partial charge in [0.2, 0.25) is 5.91 Å². The number of carbonyl (C=O) groups is 1. The van der Waals surface area contributed by atoms with Crippen molar-refractivity contribution in [2.24, 2.45) is 5.92 Å². The van der Waals surface area contributed by atoms with Gasteiger partial charge in [0.05, 0.1) is 12.5 Å². The molecule has 30 heavy (non-hydrogen) atoms. The summed E-state index contributed by atoms with van der Waals surface area (Å²) in [5, 5.41) is 35.4. The Balaban J connectivity index is 1.22. The predicted octanol–water partition coefficient (Wildman–Crippen LogP) is 1.09. The first-order valence-corrected chi connectivity index (χ1v) is 10.4. The molecule has 2 aliphatic heterocycles. The zero-order chi connectivity index (χ0) is 20.9. The minimum atomic E-state index is -1.24. The van der Waals surface area contributed by atoms with E-state index in [9.17, 15) is 20.1 Å². The molecule has 0 unspecified atom stereocenters. The fraction of sp³-hybridized carbons (Fsp3) is 0.435. The maximum atomic E-state index is 11.5. The molecule has 0 aromatic heterocycles. The number of aliphatic hydroxyl groups excluding tert-OH is 2. The van der Waals surface area contributed by atoms with Crippen molar-refractivity contribution in [2.75, 3.05) is 25.0 Å². The normalized spacial score (nSPS) is 31.3. The second-order valence-electron chi connectivity index (χ2n) is 8.69. The molecule has 1 aliphatic carbocycles. The van der Waals surface area contributed by atoms with Crippen molar-refractivity contribution in [3.63, 3.8) is 0 Å². The Kier molecular flexibility index (Phi) is 4.78. The summed E-state index contributed by atoms with van der Waals surface area (Å²) >= 11 is 0. The summed E-state index contributed by atoms with van der Waals surface area (Å²) < 4.78 is 5.91. The van der Waals surface area contributed by atoms with Gasteiger partial charge in [0.1, 0.15) is 23.6 Å². The third kappa shape index (κ3) is 3.37. The number of hydrogen-bond donors (Lipinski definition) is 4. The van der Waals surface area contributed by atoms with E-state index in [1.165, 1.54) is 0 Å². The number of ether oxygens (including phenoxy) is 1. The molecule has 1 amide bonds. The van der Waals surface area contributed by atoms with Crippen LogP contribution >= 0.6 is 0 Å². The van der Waals surface area contributed by atoms with Crippen LogP contribution in [-0.4, -0.2) is 63.6 Å². The molecule has 1 saturated heterocycles. The first kappa shape index (κ1) is 19.5. The fourth-order valence-electron chi connectivity index (χ4n) is 5.10. The van der Waals surface area contributed by atoms with Crippen LogP contribution in [0.4, 0.5) is 5.69 Å². The van der Waals surface area contributed by atoms with Gasteiger partial charge in [-0.3, -0.25) is 9.69 Å². The SMILES string of the molecule is O=C1Cc2cc([C@@H](O)CN3C[C@@H]4C[C@@H](Oc5ccccc5)[C@@H](O)[C@]4(O)C3)ccc2N1. The number of nitrogens with one attached hydrogen (secondary N) is 1. The Hall–Kier alpha value is -2.45. The molecule has 2 heterocycles. The molecule has 5 rings (SSSR count). The van der Waals surface area contributed by atoms with Crippen LogP contribution in [0.5, 0.6) is 5.75 Å². The third-order valence-corrected chi connectivity index (χ3v) is 6.64. The molecule has 7 heteroatoms. The monoisotopic (exact) mass is 410 g/mol. The number of nitrogens with zero attached hydrogens (tertiary/aromatic N) is 1. The molecule has 0 bridgehead atoms. The lowest BCUT2D eigenvalue weighted by molar-refractivity contribution is -0.115. The predicted molar refractivity (Wildman–Crippen MR) is 110 cm³/mol. The van der Waals surface area contributed by atoms with Gasteiger partial charge in [0, 0.05) is 31.2 Å². The van der Waals surface area contributed by atoms with Crippen molar-refractivity contribution < 1.29 is 24.9 Å². The highest BCUT2D eigenvalue weighted by molar-refractivity contribution is 5.99. The minimum absolute atomic E-state index is 0.0347. The number of aliphatic hydroxyl groups is 3. The molecule has 3 aliphatic rings. The number of anilines is 1. The van der Waals surface area contributed by atoms with Gasteiger partial charge in [0.15, 0.2) is 0 Å². The zero-order valence-corrected chi connectivity index (χ0v) is 16.6. The Bertz CT molecular complexity index is 952. The highest BCUT2D eigenvalue weighted by atomic mass is 16.5. The maximum absolute atomic E-state index is 11.5. The molecule has 158 valence electrons. The number of benzene rings is 2. The van der Waals surface area contributed by atoms with E-state index in [2.05, 4.69) is 5.32 Å². The van der Waals surface area contributed by atoms with Crippen LogP contribution in [0.2, 0.25) is 0 Å². The lowest BCUT2D eigenvalue weighted by atomic mass is 9.93. The molecular formula is C23H26N2O5. The average molecular weight is 410 g/mol. The van der Waals surface area contributed by atoms with E-state index in [4.69, 9.17) is 4.74 Å². The van der Waals surface area contributed by atoms with E-state index in [0.29, 0.717) is 31.7 Å². The lowest BCUT2D eigenvalue weighted by Crippen LogP contribution is -2.49. The number of fused-ring (bicyclic) bond motifs is 2. The van der Waals surface area contributed by atoms with Crippen molar-refractivity contribution in [2.45, 2.75) is 36.8 Å². The van der Waals surface area contributed by atoms with Gasteiger partial charge >= 0.3 is 0 Å². The summed E-state index contributed by atoms with van der Waals surface area (Å²) in [7, 11) is 0. The van der Waals surface area contributed by atoms with Gasteiger partial charge in [-0.15, -0.1) is 0 Å². The average Bonchev–Trinajstić information content (AvgIpc) is 3.32. The summed E-state index contributed by atoms with van der Waals surface area (Å²) in [5.41, 5.74) is 1.20. The van der Waals surface area contributed by atoms with Crippen LogP contribution in [0, 0.1) is 5.92 Å². The molecule has 0 radical (unpaired) electrons. The van der Waals surface area contributed by atoms with Crippen molar-refractivity contribution >= 4 is 11.6 Å². The maximum Gasteiger partial charge on any atom is 0.228 e. The number of rotatable bonds is 5. The molecule has 7 nitrogen and oxygen atoms in total. The lowest BCUT2D eigenvalue weighted by Gasteiger charge is -2.29. The number of carbonyl (C=O) groups excluding carboxylic acids is 1. The number of β-amino-alcohol motifs (C(OH)–C–C–N with tert-alkyl or cyclic N) is 2. The number of para-hydroxylation sites is 1. The van der Waals surface area contributed by atoms with Gasteiger partial charge in [-0.05, 0) is 35.7 Å². The summed E-state index contributed by atoms with van der Waals surface area (Å²) in [4.78, 5) is 13.5. The van der Waals surface area contributed by atoms with Crippen LogP contribution in [-0.2, 0) is 11.2 Å². The molecule has 5 atom stereocenters. The molecule has 1 saturated carbocycles. The van der Waals surface area contributed by atoms with Crippen molar-refractivity contribution in [1.29, 1.82) is 0 Å². The summed E-state index contributed by atoms with van der Waals surface area (Å²) in [5.74, 6) is 0.532. The Morgan fingerprint density at radius 3 is 2.80 bits per heavy atom. The van der Waals surface area contributed by atoms with E-state index >= 15 is 0 Å². The van der Waals surface area contributed by atoms with Gasteiger partial charge in [-0.1, -0.05) is 30.3 Å². The number of hydrogen-bond acceptors (Lipinski definition) is 6. The Morgan fingerprint density at radius 1 is 1.23 bits per heavy atom. The summed E-state index contributed by atoms with van der Waals surface area (Å²) in [6.45, 7) is 1.23. The number of likely N-dealkylation sites (tertiary alicyclic amines) is 1. The van der Waals surface area contributed by atoms with E-state index < -0.39 is 23.9 Å². The van der Waals surface area contributed by atoms with Gasteiger partial charge in [-0.2, -0.15) is 0 Å². The Labute approximate surface area is 174 Å². The number of amides is 1. The molecule has 2 aromatic carbocycles. The van der Waals surface area contributed by atoms with E-state index in [-0.39, 0.29) is 18.4 Å². The second kappa shape index (κ2) is 7.35. The van der Waals surface area contributed by atoms with E-state index in [0.717, 1.165) is 16.8 Å². The van der Waals surface area contributed by atoms with Crippen LogP contribution in [0.3, 0.4) is 0 Å². The molecule has 4 N–H and O–H groups in total. The molecule has 2 aromatic rings. The van der Waals surface area contributed by atoms with Gasteiger partial charge < -0.3 is 25.4 Å². The van der Waals surface area contributed by atoms with E-state index in [1.54, 1.807) is 0 Å². The standard InChI is InChI=1S/C23H26N2O5/c26-19(14-6-7-18-15(8-14)9-21(27)24-18)12-25-11-16-10-20(22(28)23(16,29)13-25)30-17-4-2-1-3-5-17/h1-8,16,19-20,22,26,28-29H,9-13H2,(H,24,27)/t16-,19-,20+,22+,23-/m0/s1. The second-order valence-corrected chi connectivity index (χ2v) is 8.69. The van der Waals surface area contributed by atoms with Crippen molar-refractivity contribution in [3.05, 3.63) is 59.7 Å².